The van der Waals surface area contributed by atoms with Crippen molar-refractivity contribution in [1.82, 2.24) is 24.4 Å². The molecule has 0 aliphatic rings. The van der Waals surface area contributed by atoms with Gasteiger partial charge in [0.15, 0.2) is 5.82 Å². The van der Waals surface area contributed by atoms with Crippen molar-refractivity contribution in [2.45, 2.75) is 24.4 Å². The molecule has 0 atom stereocenters. The van der Waals surface area contributed by atoms with Gasteiger partial charge in [0.2, 0.25) is 5.16 Å². The minimum absolute atomic E-state index is 0.653. The lowest BCUT2D eigenvalue weighted by atomic mass is 10.2. The molecular formula is C16H21N7S. The van der Waals surface area contributed by atoms with E-state index in [1.165, 1.54) is 11.8 Å². The summed E-state index contributed by atoms with van der Waals surface area (Å²) >= 11 is 1.53. The fourth-order valence-electron chi connectivity index (χ4n) is 2.39. The van der Waals surface area contributed by atoms with Gasteiger partial charge in [-0.25, -0.2) is 9.66 Å². The van der Waals surface area contributed by atoms with E-state index in [1.54, 1.807) is 4.68 Å². The third-order valence-corrected chi connectivity index (χ3v) is 4.70. The Morgan fingerprint density at radius 2 is 2.08 bits per heavy atom. The molecule has 0 saturated heterocycles. The molecule has 0 radical (unpaired) electrons. The maximum Gasteiger partial charge on any atom is 0.210 e. The van der Waals surface area contributed by atoms with E-state index in [4.69, 9.17) is 5.84 Å². The maximum atomic E-state index is 6.20. The third-order valence-electron chi connectivity index (χ3n) is 3.76. The van der Waals surface area contributed by atoms with Gasteiger partial charge in [-0.1, -0.05) is 23.9 Å². The molecule has 0 aliphatic heterocycles. The van der Waals surface area contributed by atoms with Crippen molar-refractivity contribution in [2.75, 3.05) is 24.8 Å². The number of nitrogens with zero attached hydrogens (tertiary/aromatic N) is 6. The average Bonchev–Trinajstić information content (AvgIpc) is 3.19. The van der Waals surface area contributed by atoms with Gasteiger partial charge in [0.05, 0.1) is 5.75 Å². The number of aryl methyl sites for hydroxylation is 1. The predicted octanol–water partition coefficient (Wildman–Crippen LogP) is 2.23. The van der Waals surface area contributed by atoms with Crippen molar-refractivity contribution in [2.24, 2.45) is 0 Å². The zero-order valence-corrected chi connectivity index (χ0v) is 14.9. The van der Waals surface area contributed by atoms with Crippen LogP contribution in [0.25, 0.3) is 11.4 Å². The number of rotatable bonds is 6. The number of hydrogen-bond acceptors (Lipinski definition) is 6. The minimum atomic E-state index is 0.653. The first-order chi connectivity index (χ1) is 11.6. The highest BCUT2D eigenvalue weighted by molar-refractivity contribution is 7.98. The molecule has 126 valence electrons. The summed E-state index contributed by atoms with van der Waals surface area (Å²) in [5.74, 6) is 8.56. The van der Waals surface area contributed by atoms with Gasteiger partial charge in [0.1, 0.15) is 5.82 Å². The summed E-state index contributed by atoms with van der Waals surface area (Å²) < 4.78 is 3.64. The van der Waals surface area contributed by atoms with Crippen LogP contribution in [-0.4, -0.2) is 38.5 Å². The summed E-state index contributed by atoms with van der Waals surface area (Å²) in [5.41, 5.74) is 2.03. The first-order valence-corrected chi connectivity index (χ1v) is 8.69. The van der Waals surface area contributed by atoms with Crippen LogP contribution in [0.1, 0.15) is 12.7 Å². The highest BCUT2D eigenvalue weighted by atomic mass is 32.2. The van der Waals surface area contributed by atoms with E-state index in [0.29, 0.717) is 16.7 Å². The molecule has 0 bridgehead atoms. The van der Waals surface area contributed by atoms with Gasteiger partial charge in [-0.2, -0.15) is 0 Å². The fraction of sp³-hybridized carbons (Fsp3) is 0.312. The molecule has 0 unspecified atom stereocenters. The van der Waals surface area contributed by atoms with Crippen LogP contribution in [0.3, 0.4) is 0 Å². The Hall–Kier alpha value is -2.48. The molecule has 24 heavy (non-hydrogen) atoms. The SMILES string of the molecule is CCn1ccnc1CSc1nnc(-c2cccc(N(C)C)c2)n1N. The molecule has 0 aliphatic carbocycles. The van der Waals surface area contributed by atoms with Crippen molar-refractivity contribution in [3.8, 4) is 11.4 Å². The minimum Gasteiger partial charge on any atom is -0.378 e. The zero-order valence-electron chi connectivity index (χ0n) is 14.0. The second-order valence-corrected chi connectivity index (χ2v) is 6.48. The smallest absolute Gasteiger partial charge is 0.210 e. The van der Waals surface area contributed by atoms with Crippen LogP contribution < -0.4 is 10.7 Å². The van der Waals surface area contributed by atoms with Crippen molar-refractivity contribution >= 4 is 17.4 Å². The van der Waals surface area contributed by atoms with Crippen LogP contribution in [0.4, 0.5) is 5.69 Å². The number of nitrogen functional groups attached to an aromatic ring is 1. The summed E-state index contributed by atoms with van der Waals surface area (Å²) in [6.45, 7) is 2.99. The monoisotopic (exact) mass is 343 g/mol. The van der Waals surface area contributed by atoms with Crippen LogP contribution >= 0.6 is 11.8 Å². The molecule has 0 amide bonds. The van der Waals surface area contributed by atoms with Gasteiger partial charge in [-0.05, 0) is 19.1 Å². The second-order valence-electron chi connectivity index (χ2n) is 5.54. The average molecular weight is 343 g/mol. The van der Waals surface area contributed by atoms with E-state index in [0.717, 1.165) is 23.6 Å². The van der Waals surface area contributed by atoms with Gasteiger partial charge in [0.25, 0.3) is 0 Å². The highest BCUT2D eigenvalue weighted by Gasteiger charge is 2.14. The van der Waals surface area contributed by atoms with Gasteiger partial charge in [0, 0.05) is 44.3 Å². The first kappa shape index (κ1) is 16.4. The van der Waals surface area contributed by atoms with Crippen molar-refractivity contribution in [3.05, 3.63) is 42.5 Å². The number of imidazole rings is 1. The number of aromatic nitrogens is 5. The molecule has 0 saturated carbocycles. The molecule has 2 N–H and O–H groups in total. The van der Waals surface area contributed by atoms with Crippen LogP contribution in [0.5, 0.6) is 0 Å². The van der Waals surface area contributed by atoms with Gasteiger partial charge in [-0.15, -0.1) is 10.2 Å². The predicted molar refractivity (Wildman–Crippen MR) is 97.4 cm³/mol. The topological polar surface area (TPSA) is 77.8 Å². The van der Waals surface area contributed by atoms with Gasteiger partial charge < -0.3 is 15.3 Å². The van der Waals surface area contributed by atoms with E-state index < -0.39 is 0 Å². The normalized spacial score (nSPS) is 11.0. The Balaban J connectivity index is 1.80. The largest absolute Gasteiger partial charge is 0.378 e. The molecule has 8 heteroatoms. The molecule has 2 heterocycles. The summed E-state index contributed by atoms with van der Waals surface area (Å²) in [6.07, 6.45) is 3.78. The molecular weight excluding hydrogens is 322 g/mol. The van der Waals surface area contributed by atoms with Crippen LogP contribution in [0, 0.1) is 0 Å². The van der Waals surface area contributed by atoms with Crippen LogP contribution in [0.2, 0.25) is 0 Å². The number of anilines is 1. The Morgan fingerprint density at radius 1 is 1.25 bits per heavy atom. The summed E-state index contributed by atoms with van der Waals surface area (Å²) in [6, 6.07) is 8.06. The Kier molecular flexibility index (Phi) is 4.75. The Labute approximate surface area is 145 Å². The maximum absolute atomic E-state index is 6.20. The highest BCUT2D eigenvalue weighted by Crippen LogP contribution is 2.26. The molecule has 3 rings (SSSR count). The van der Waals surface area contributed by atoms with E-state index in [1.807, 2.05) is 55.7 Å². The standard InChI is InChI=1S/C16H21N7S/c1-4-22-9-8-18-14(22)11-24-16-20-19-15(23(16)17)12-6-5-7-13(10-12)21(2)3/h5-10H,4,11,17H2,1-3H3. The summed E-state index contributed by atoms with van der Waals surface area (Å²) in [5, 5.41) is 9.14. The lowest BCUT2D eigenvalue weighted by molar-refractivity contribution is 0.724. The van der Waals surface area contributed by atoms with Crippen LogP contribution in [0.15, 0.2) is 41.8 Å². The Morgan fingerprint density at radius 3 is 2.83 bits per heavy atom. The van der Waals surface area contributed by atoms with E-state index in [-0.39, 0.29) is 0 Å². The molecule has 2 aromatic heterocycles. The molecule has 1 aromatic carbocycles. The quantitative estimate of drug-likeness (QED) is 0.546. The first-order valence-electron chi connectivity index (χ1n) is 7.71. The Bertz CT molecular complexity index is 821. The zero-order chi connectivity index (χ0) is 17.1. The molecule has 3 aromatic rings. The van der Waals surface area contributed by atoms with Crippen molar-refractivity contribution in [3.63, 3.8) is 0 Å². The molecule has 7 nitrogen and oxygen atoms in total. The van der Waals surface area contributed by atoms with Gasteiger partial charge in [-0.3, -0.25) is 0 Å². The van der Waals surface area contributed by atoms with Crippen molar-refractivity contribution in [1.29, 1.82) is 0 Å². The van der Waals surface area contributed by atoms with E-state index >= 15 is 0 Å². The lowest BCUT2D eigenvalue weighted by Gasteiger charge is -2.13. The molecule has 0 spiro atoms. The van der Waals surface area contributed by atoms with E-state index in [9.17, 15) is 0 Å². The number of hydrogen-bond donors (Lipinski definition) is 1. The summed E-state index contributed by atoms with van der Waals surface area (Å²) in [7, 11) is 4.01. The second kappa shape index (κ2) is 6.96. The summed E-state index contributed by atoms with van der Waals surface area (Å²) in [4.78, 5) is 6.41. The van der Waals surface area contributed by atoms with Gasteiger partial charge >= 0.3 is 0 Å². The number of nitrogens with two attached hydrogens (primary N) is 1. The van der Waals surface area contributed by atoms with Crippen molar-refractivity contribution < 1.29 is 0 Å². The number of thioether (sulfide) groups is 1. The van der Waals surface area contributed by atoms with Crippen LogP contribution in [-0.2, 0) is 12.3 Å². The molecule has 0 fully saturated rings. The fourth-order valence-corrected chi connectivity index (χ4v) is 3.22. The lowest BCUT2D eigenvalue weighted by Crippen LogP contribution is -2.12. The third kappa shape index (κ3) is 3.23. The van der Waals surface area contributed by atoms with E-state index in [2.05, 4.69) is 26.7 Å². The number of benzene rings is 1.